The summed E-state index contributed by atoms with van der Waals surface area (Å²) in [5.74, 6) is 0.491. The SMILES string of the molecule is Oc1ccc(-c2cc(-c3cccc(Cl)c3)nc3c2Cc2cc(O)ccc2-3)cc1. The first-order valence-corrected chi connectivity index (χ1v) is 9.38. The van der Waals surface area contributed by atoms with Crippen molar-refractivity contribution in [1.82, 2.24) is 4.98 Å². The minimum atomic E-state index is 0.234. The zero-order valence-electron chi connectivity index (χ0n) is 14.9. The van der Waals surface area contributed by atoms with E-state index in [1.54, 1.807) is 24.3 Å². The molecule has 136 valence electrons. The minimum Gasteiger partial charge on any atom is -0.508 e. The van der Waals surface area contributed by atoms with E-state index >= 15 is 0 Å². The lowest BCUT2D eigenvalue weighted by Crippen LogP contribution is -1.94. The summed E-state index contributed by atoms with van der Waals surface area (Å²) in [5.41, 5.74) is 8.01. The number of phenols is 2. The Kier molecular flexibility index (Phi) is 3.85. The van der Waals surface area contributed by atoms with Crippen LogP contribution in [0.15, 0.2) is 72.8 Å². The molecule has 4 heteroatoms. The van der Waals surface area contributed by atoms with E-state index in [0.29, 0.717) is 11.4 Å². The van der Waals surface area contributed by atoms with Crippen molar-refractivity contribution >= 4 is 11.6 Å². The van der Waals surface area contributed by atoms with Crippen molar-refractivity contribution in [3.63, 3.8) is 0 Å². The number of pyridine rings is 1. The van der Waals surface area contributed by atoms with Gasteiger partial charge in [0.2, 0.25) is 0 Å². The molecule has 0 saturated heterocycles. The number of aromatic hydroxyl groups is 2. The third-order valence-electron chi connectivity index (χ3n) is 5.13. The maximum Gasteiger partial charge on any atom is 0.115 e. The van der Waals surface area contributed by atoms with Crippen LogP contribution in [0.2, 0.25) is 5.02 Å². The predicted octanol–water partition coefficient (Wildman–Crippen LogP) is 6.05. The Hall–Kier alpha value is -3.30. The van der Waals surface area contributed by atoms with E-state index in [2.05, 4.69) is 6.07 Å². The molecular formula is C24H16ClNO2. The van der Waals surface area contributed by atoms with E-state index in [9.17, 15) is 10.2 Å². The minimum absolute atomic E-state index is 0.234. The van der Waals surface area contributed by atoms with E-state index in [1.165, 1.54) is 0 Å². The number of rotatable bonds is 2. The number of hydrogen-bond donors (Lipinski definition) is 2. The first kappa shape index (κ1) is 16.8. The molecule has 2 N–H and O–H groups in total. The molecule has 3 nitrogen and oxygen atoms in total. The number of benzene rings is 3. The maximum atomic E-state index is 9.89. The lowest BCUT2D eigenvalue weighted by Gasteiger charge is -2.12. The Morgan fingerprint density at radius 3 is 2.32 bits per heavy atom. The number of phenolic OH excluding ortho intramolecular Hbond substituents is 2. The molecule has 0 bridgehead atoms. The zero-order valence-corrected chi connectivity index (χ0v) is 15.6. The van der Waals surface area contributed by atoms with Gasteiger partial charge in [0.25, 0.3) is 0 Å². The first-order chi connectivity index (χ1) is 13.6. The van der Waals surface area contributed by atoms with Crippen molar-refractivity contribution < 1.29 is 10.2 Å². The highest BCUT2D eigenvalue weighted by molar-refractivity contribution is 6.30. The Morgan fingerprint density at radius 2 is 1.54 bits per heavy atom. The highest BCUT2D eigenvalue weighted by Gasteiger charge is 2.25. The van der Waals surface area contributed by atoms with Crippen molar-refractivity contribution in [1.29, 1.82) is 0 Å². The molecule has 28 heavy (non-hydrogen) atoms. The number of aromatic nitrogens is 1. The van der Waals surface area contributed by atoms with Crippen LogP contribution < -0.4 is 0 Å². The quantitative estimate of drug-likeness (QED) is 0.389. The summed E-state index contributed by atoms with van der Waals surface area (Å²) in [6.07, 6.45) is 0.706. The van der Waals surface area contributed by atoms with Crippen LogP contribution in [0.25, 0.3) is 33.6 Å². The fraction of sp³-hybridized carbons (Fsp3) is 0.0417. The molecule has 4 aromatic rings. The molecule has 0 fully saturated rings. The molecule has 3 aromatic carbocycles. The third kappa shape index (κ3) is 2.81. The van der Waals surface area contributed by atoms with E-state index in [1.807, 2.05) is 42.5 Å². The van der Waals surface area contributed by atoms with Crippen molar-refractivity contribution in [3.05, 3.63) is 88.9 Å². The van der Waals surface area contributed by atoms with Gasteiger partial charge in [-0.3, -0.25) is 0 Å². The second kappa shape index (κ2) is 6.39. The Balaban J connectivity index is 1.77. The van der Waals surface area contributed by atoms with Gasteiger partial charge in [-0.15, -0.1) is 0 Å². The Morgan fingerprint density at radius 1 is 0.750 bits per heavy atom. The second-order valence-electron chi connectivity index (χ2n) is 6.96. The summed E-state index contributed by atoms with van der Waals surface area (Å²) in [6.45, 7) is 0. The average Bonchev–Trinajstić information content (AvgIpc) is 3.05. The van der Waals surface area contributed by atoms with E-state index in [-0.39, 0.29) is 11.5 Å². The van der Waals surface area contributed by atoms with Crippen LogP contribution in [-0.2, 0) is 6.42 Å². The standard InChI is InChI=1S/C24H16ClNO2/c25-17-3-1-2-15(10-17)23-13-21(14-4-6-18(27)7-5-14)22-12-16-11-19(28)8-9-20(16)24(22)26-23/h1-11,13,27-28H,12H2. The van der Waals surface area contributed by atoms with Crippen molar-refractivity contribution in [2.45, 2.75) is 6.42 Å². The molecule has 1 aromatic heterocycles. The molecular weight excluding hydrogens is 370 g/mol. The second-order valence-corrected chi connectivity index (χ2v) is 7.39. The molecule has 0 amide bonds. The van der Waals surface area contributed by atoms with Gasteiger partial charge < -0.3 is 10.2 Å². The molecule has 0 radical (unpaired) electrons. The smallest absolute Gasteiger partial charge is 0.115 e. The third-order valence-corrected chi connectivity index (χ3v) is 5.37. The van der Waals surface area contributed by atoms with Crippen LogP contribution in [0.1, 0.15) is 11.1 Å². The van der Waals surface area contributed by atoms with E-state index < -0.39 is 0 Å². The molecule has 0 spiro atoms. The van der Waals surface area contributed by atoms with Gasteiger partial charge in [0.05, 0.1) is 11.4 Å². The van der Waals surface area contributed by atoms with Crippen molar-refractivity contribution in [2.24, 2.45) is 0 Å². The summed E-state index contributed by atoms with van der Waals surface area (Å²) in [5, 5.41) is 20.2. The summed E-state index contributed by atoms with van der Waals surface area (Å²) in [7, 11) is 0. The van der Waals surface area contributed by atoms with Gasteiger partial charge in [-0.1, -0.05) is 35.9 Å². The van der Waals surface area contributed by atoms with Crippen LogP contribution in [0.5, 0.6) is 11.5 Å². The Bertz CT molecular complexity index is 1220. The van der Waals surface area contributed by atoms with Crippen molar-refractivity contribution in [2.75, 3.05) is 0 Å². The first-order valence-electron chi connectivity index (χ1n) is 9.00. The van der Waals surface area contributed by atoms with Gasteiger partial charge in [-0.2, -0.15) is 0 Å². The number of fused-ring (bicyclic) bond motifs is 3. The highest BCUT2D eigenvalue weighted by atomic mass is 35.5. The van der Waals surface area contributed by atoms with Crippen LogP contribution in [0.3, 0.4) is 0 Å². The lowest BCUT2D eigenvalue weighted by atomic mass is 9.96. The molecule has 1 aliphatic carbocycles. The zero-order chi connectivity index (χ0) is 19.3. The van der Waals surface area contributed by atoms with Gasteiger partial charge in [-0.25, -0.2) is 4.98 Å². The maximum absolute atomic E-state index is 9.89. The summed E-state index contributed by atoms with van der Waals surface area (Å²) in [6, 6.07) is 22.4. The van der Waals surface area contributed by atoms with Crippen LogP contribution in [0.4, 0.5) is 0 Å². The van der Waals surface area contributed by atoms with Gasteiger partial charge >= 0.3 is 0 Å². The molecule has 1 heterocycles. The molecule has 5 rings (SSSR count). The largest absolute Gasteiger partial charge is 0.508 e. The average molecular weight is 386 g/mol. The van der Waals surface area contributed by atoms with E-state index in [4.69, 9.17) is 16.6 Å². The van der Waals surface area contributed by atoms with Gasteiger partial charge in [0.15, 0.2) is 0 Å². The summed E-state index contributed by atoms with van der Waals surface area (Å²) >= 11 is 6.20. The predicted molar refractivity (Wildman–Crippen MR) is 112 cm³/mol. The lowest BCUT2D eigenvalue weighted by molar-refractivity contribution is 0.474. The fourth-order valence-corrected chi connectivity index (χ4v) is 4.01. The monoisotopic (exact) mass is 385 g/mol. The van der Waals surface area contributed by atoms with E-state index in [0.717, 1.165) is 44.8 Å². The molecule has 0 aliphatic heterocycles. The number of nitrogens with zero attached hydrogens (tertiary/aromatic N) is 1. The van der Waals surface area contributed by atoms with Gasteiger partial charge in [0, 0.05) is 22.6 Å². The number of halogens is 1. The van der Waals surface area contributed by atoms with Crippen LogP contribution >= 0.6 is 11.6 Å². The van der Waals surface area contributed by atoms with Gasteiger partial charge in [-0.05, 0) is 70.8 Å². The summed E-state index contributed by atoms with van der Waals surface area (Å²) in [4.78, 5) is 4.95. The molecule has 0 unspecified atom stereocenters. The summed E-state index contributed by atoms with van der Waals surface area (Å²) < 4.78 is 0. The van der Waals surface area contributed by atoms with Crippen molar-refractivity contribution in [3.8, 4) is 45.1 Å². The molecule has 0 atom stereocenters. The fourth-order valence-electron chi connectivity index (χ4n) is 3.82. The highest BCUT2D eigenvalue weighted by Crippen LogP contribution is 2.43. The molecule has 1 aliphatic rings. The topological polar surface area (TPSA) is 53.4 Å². The van der Waals surface area contributed by atoms with Gasteiger partial charge in [0.1, 0.15) is 11.5 Å². The normalized spacial score (nSPS) is 11.9. The Labute approximate surface area is 167 Å². The number of hydrogen-bond acceptors (Lipinski definition) is 3. The van der Waals surface area contributed by atoms with Crippen LogP contribution in [-0.4, -0.2) is 15.2 Å². The van der Waals surface area contributed by atoms with Crippen LogP contribution in [0, 0.1) is 0 Å². The molecule has 0 saturated carbocycles.